The number of rotatable bonds is 4. The van der Waals surface area contributed by atoms with Crippen LogP contribution in [0.5, 0.6) is 0 Å². The van der Waals surface area contributed by atoms with Gasteiger partial charge in [0.15, 0.2) is 0 Å². The fourth-order valence-electron chi connectivity index (χ4n) is 1.46. The van der Waals surface area contributed by atoms with E-state index >= 15 is 0 Å². The van der Waals surface area contributed by atoms with Crippen LogP contribution in [0.1, 0.15) is 12.5 Å². The predicted molar refractivity (Wildman–Crippen MR) is 71.5 cm³/mol. The molecule has 0 spiro atoms. The molecule has 0 unspecified atom stereocenters. The number of nitrogens with zero attached hydrogens (tertiary/aromatic N) is 1. The van der Waals surface area contributed by atoms with E-state index in [0.29, 0.717) is 16.6 Å². The Kier molecular flexibility index (Phi) is 5.25. The maximum atomic E-state index is 11.5. The Hall–Kier alpha value is -0.770. The zero-order chi connectivity index (χ0) is 13.0. The molecular weight excluding hydrogens is 259 g/mol. The summed E-state index contributed by atoms with van der Waals surface area (Å²) in [6, 6.07) is 5.17. The van der Waals surface area contributed by atoms with Crippen LogP contribution in [-0.4, -0.2) is 30.9 Å². The first-order valence-electron chi connectivity index (χ1n) is 5.31. The summed E-state index contributed by atoms with van der Waals surface area (Å²) in [7, 11) is 3.51. The predicted octanol–water partition coefficient (Wildman–Crippen LogP) is 2.56. The number of hydrogen-bond donors (Lipinski definition) is 1. The van der Waals surface area contributed by atoms with Gasteiger partial charge < -0.3 is 5.32 Å². The third kappa shape index (κ3) is 3.87. The highest BCUT2D eigenvalue weighted by atomic mass is 35.5. The van der Waals surface area contributed by atoms with Gasteiger partial charge in [-0.15, -0.1) is 0 Å². The normalized spacial score (nSPS) is 12.6. The Morgan fingerprint density at radius 1 is 1.47 bits per heavy atom. The zero-order valence-electron chi connectivity index (χ0n) is 10.1. The van der Waals surface area contributed by atoms with Crippen molar-refractivity contribution >= 4 is 29.1 Å². The fourth-order valence-corrected chi connectivity index (χ4v) is 1.93. The lowest BCUT2D eigenvalue weighted by atomic mass is 10.2. The molecule has 0 aliphatic carbocycles. The van der Waals surface area contributed by atoms with Gasteiger partial charge in [-0.05, 0) is 31.7 Å². The number of carbonyl (C=O) groups is 1. The SMILES string of the molecule is CNC(=O)[C@H](C)N(C)Cc1ccc(Cl)cc1Cl. The molecule has 0 aliphatic rings. The second-order valence-corrected chi connectivity index (χ2v) is 4.78. The van der Waals surface area contributed by atoms with Crippen LogP contribution in [0.3, 0.4) is 0 Å². The number of likely N-dealkylation sites (N-methyl/N-ethyl adjacent to an activating group) is 2. The molecule has 1 N–H and O–H groups in total. The highest BCUT2D eigenvalue weighted by molar-refractivity contribution is 6.35. The average Bonchev–Trinajstić information content (AvgIpc) is 2.30. The maximum Gasteiger partial charge on any atom is 0.236 e. The first-order valence-corrected chi connectivity index (χ1v) is 6.07. The molecular formula is C12H16Cl2N2O. The van der Waals surface area contributed by atoms with Gasteiger partial charge in [-0.3, -0.25) is 9.69 Å². The Morgan fingerprint density at radius 3 is 2.65 bits per heavy atom. The molecule has 0 fully saturated rings. The van der Waals surface area contributed by atoms with Crippen LogP contribution in [0.2, 0.25) is 10.0 Å². The van der Waals surface area contributed by atoms with Gasteiger partial charge in [0.25, 0.3) is 0 Å². The molecule has 5 heteroatoms. The van der Waals surface area contributed by atoms with Crippen molar-refractivity contribution in [3.05, 3.63) is 33.8 Å². The number of carbonyl (C=O) groups excluding carboxylic acids is 1. The number of hydrogen-bond acceptors (Lipinski definition) is 2. The minimum atomic E-state index is -0.202. The van der Waals surface area contributed by atoms with Crippen molar-refractivity contribution in [1.82, 2.24) is 10.2 Å². The van der Waals surface area contributed by atoms with E-state index in [-0.39, 0.29) is 11.9 Å². The number of benzene rings is 1. The van der Waals surface area contributed by atoms with Crippen LogP contribution < -0.4 is 5.32 Å². The smallest absolute Gasteiger partial charge is 0.236 e. The van der Waals surface area contributed by atoms with E-state index in [0.717, 1.165) is 5.56 Å². The molecule has 1 amide bonds. The van der Waals surface area contributed by atoms with Gasteiger partial charge in [0.2, 0.25) is 5.91 Å². The topological polar surface area (TPSA) is 32.3 Å². The van der Waals surface area contributed by atoms with E-state index < -0.39 is 0 Å². The van der Waals surface area contributed by atoms with E-state index in [2.05, 4.69) is 5.32 Å². The lowest BCUT2D eigenvalue weighted by Crippen LogP contribution is -2.41. The first kappa shape index (κ1) is 14.3. The minimum absolute atomic E-state index is 0.0161. The highest BCUT2D eigenvalue weighted by Gasteiger charge is 2.17. The van der Waals surface area contributed by atoms with Gasteiger partial charge in [-0.1, -0.05) is 29.3 Å². The molecule has 1 aromatic carbocycles. The summed E-state index contributed by atoms with van der Waals surface area (Å²) in [4.78, 5) is 13.4. The lowest BCUT2D eigenvalue weighted by Gasteiger charge is -2.23. The van der Waals surface area contributed by atoms with Crippen molar-refractivity contribution in [3.8, 4) is 0 Å². The molecule has 0 saturated heterocycles. The Morgan fingerprint density at radius 2 is 2.12 bits per heavy atom. The largest absolute Gasteiger partial charge is 0.358 e. The molecule has 1 aromatic rings. The van der Waals surface area contributed by atoms with Crippen molar-refractivity contribution in [3.63, 3.8) is 0 Å². The Bertz CT molecular complexity index is 409. The Labute approximate surface area is 112 Å². The molecule has 1 rings (SSSR count). The second-order valence-electron chi connectivity index (χ2n) is 3.94. The lowest BCUT2D eigenvalue weighted by molar-refractivity contribution is -0.125. The van der Waals surface area contributed by atoms with Gasteiger partial charge in [0.05, 0.1) is 6.04 Å². The molecule has 0 aliphatic heterocycles. The summed E-state index contributed by atoms with van der Waals surface area (Å²) in [6.07, 6.45) is 0. The van der Waals surface area contributed by atoms with E-state index in [1.54, 1.807) is 19.2 Å². The molecule has 0 aromatic heterocycles. The zero-order valence-corrected chi connectivity index (χ0v) is 11.6. The third-order valence-electron chi connectivity index (χ3n) is 2.72. The Balaban J connectivity index is 2.74. The van der Waals surface area contributed by atoms with E-state index in [1.807, 2.05) is 24.9 Å². The van der Waals surface area contributed by atoms with Crippen LogP contribution >= 0.6 is 23.2 Å². The van der Waals surface area contributed by atoms with Crippen LogP contribution in [0, 0.1) is 0 Å². The highest BCUT2D eigenvalue weighted by Crippen LogP contribution is 2.22. The summed E-state index contributed by atoms with van der Waals surface area (Å²) < 4.78 is 0. The van der Waals surface area contributed by atoms with Gasteiger partial charge in [-0.2, -0.15) is 0 Å². The number of amides is 1. The summed E-state index contributed by atoms with van der Waals surface area (Å²) in [5.74, 6) is -0.0161. The average molecular weight is 275 g/mol. The second kappa shape index (κ2) is 6.24. The van der Waals surface area contributed by atoms with Crippen molar-refractivity contribution in [2.75, 3.05) is 14.1 Å². The quantitative estimate of drug-likeness (QED) is 0.916. The molecule has 0 heterocycles. The molecule has 0 bridgehead atoms. The molecule has 1 atom stereocenters. The van der Waals surface area contributed by atoms with E-state index in [1.165, 1.54) is 0 Å². The summed E-state index contributed by atoms with van der Waals surface area (Å²) in [5, 5.41) is 3.85. The van der Waals surface area contributed by atoms with Gasteiger partial charge in [-0.25, -0.2) is 0 Å². The van der Waals surface area contributed by atoms with Crippen LogP contribution in [0.15, 0.2) is 18.2 Å². The van der Waals surface area contributed by atoms with Gasteiger partial charge in [0, 0.05) is 23.6 Å². The van der Waals surface area contributed by atoms with Crippen molar-refractivity contribution in [1.29, 1.82) is 0 Å². The summed E-state index contributed by atoms with van der Waals surface area (Å²) in [5.41, 5.74) is 0.953. The molecule has 0 saturated carbocycles. The number of halogens is 2. The van der Waals surface area contributed by atoms with E-state index in [9.17, 15) is 4.79 Å². The van der Waals surface area contributed by atoms with Crippen LogP contribution in [0.4, 0.5) is 0 Å². The maximum absolute atomic E-state index is 11.5. The monoisotopic (exact) mass is 274 g/mol. The molecule has 0 radical (unpaired) electrons. The standard InChI is InChI=1S/C12H16Cl2N2O/c1-8(12(17)15-2)16(3)7-9-4-5-10(13)6-11(9)14/h4-6,8H,7H2,1-3H3,(H,15,17)/t8-/m0/s1. The van der Waals surface area contributed by atoms with Crippen LogP contribution in [0.25, 0.3) is 0 Å². The summed E-state index contributed by atoms with van der Waals surface area (Å²) in [6.45, 7) is 2.45. The van der Waals surface area contributed by atoms with Crippen LogP contribution in [-0.2, 0) is 11.3 Å². The third-order valence-corrected chi connectivity index (χ3v) is 3.31. The van der Waals surface area contributed by atoms with Crippen molar-refractivity contribution in [2.24, 2.45) is 0 Å². The summed E-state index contributed by atoms with van der Waals surface area (Å²) >= 11 is 11.9. The molecule has 17 heavy (non-hydrogen) atoms. The first-order chi connectivity index (χ1) is 7.95. The minimum Gasteiger partial charge on any atom is -0.358 e. The van der Waals surface area contributed by atoms with Crippen molar-refractivity contribution in [2.45, 2.75) is 19.5 Å². The van der Waals surface area contributed by atoms with Gasteiger partial charge >= 0.3 is 0 Å². The van der Waals surface area contributed by atoms with E-state index in [4.69, 9.17) is 23.2 Å². The van der Waals surface area contributed by atoms with Crippen molar-refractivity contribution < 1.29 is 4.79 Å². The molecule has 94 valence electrons. The van der Waals surface area contributed by atoms with Gasteiger partial charge in [0.1, 0.15) is 0 Å². The fraction of sp³-hybridized carbons (Fsp3) is 0.417. The molecule has 3 nitrogen and oxygen atoms in total. The number of nitrogens with one attached hydrogen (secondary N) is 1.